The Morgan fingerprint density at radius 2 is 2.21 bits per heavy atom. The van der Waals surface area contributed by atoms with E-state index in [-0.39, 0.29) is 0 Å². The fourth-order valence-corrected chi connectivity index (χ4v) is 2.18. The van der Waals surface area contributed by atoms with E-state index in [9.17, 15) is 5.11 Å². The topological polar surface area (TPSA) is 50.7 Å². The maximum atomic E-state index is 9.85. The van der Waals surface area contributed by atoms with Crippen molar-refractivity contribution in [3.63, 3.8) is 0 Å². The van der Waals surface area contributed by atoms with E-state index in [0.717, 1.165) is 24.2 Å². The molecule has 1 unspecified atom stereocenters. The van der Waals surface area contributed by atoms with Gasteiger partial charge in [-0.2, -0.15) is 0 Å². The second-order valence-corrected chi connectivity index (χ2v) is 5.22. The van der Waals surface area contributed by atoms with E-state index < -0.39 is 6.10 Å². The third kappa shape index (κ3) is 4.49. The molecule has 19 heavy (non-hydrogen) atoms. The molecule has 0 amide bonds. The SMILES string of the molecule is COC1CC(NCC(O)COc2cccc(C)c2)C1. The van der Waals surface area contributed by atoms with Crippen molar-refractivity contribution in [2.24, 2.45) is 0 Å². The minimum atomic E-state index is -0.484. The van der Waals surface area contributed by atoms with Gasteiger partial charge in [-0.3, -0.25) is 0 Å². The molecule has 1 aliphatic carbocycles. The summed E-state index contributed by atoms with van der Waals surface area (Å²) in [6.45, 7) is 2.90. The van der Waals surface area contributed by atoms with Crippen LogP contribution in [0.25, 0.3) is 0 Å². The van der Waals surface area contributed by atoms with Crippen molar-refractivity contribution < 1.29 is 14.6 Å². The van der Waals surface area contributed by atoms with Gasteiger partial charge in [0.05, 0.1) is 6.10 Å². The summed E-state index contributed by atoms with van der Waals surface area (Å²) >= 11 is 0. The highest BCUT2D eigenvalue weighted by atomic mass is 16.5. The number of nitrogens with one attached hydrogen (secondary N) is 1. The molecule has 1 saturated carbocycles. The standard InChI is InChI=1S/C15H23NO3/c1-11-4-3-5-14(6-11)19-10-13(17)9-16-12-7-15(8-12)18-2/h3-6,12-13,15-17H,7-10H2,1-2H3. The van der Waals surface area contributed by atoms with Gasteiger partial charge in [0.25, 0.3) is 0 Å². The summed E-state index contributed by atoms with van der Waals surface area (Å²) in [6.07, 6.45) is 1.96. The van der Waals surface area contributed by atoms with Crippen LogP contribution < -0.4 is 10.1 Å². The Morgan fingerprint density at radius 3 is 2.89 bits per heavy atom. The van der Waals surface area contributed by atoms with Crippen molar-refractivity contribution in [3.05, 3.63) is 29.8 Å². The van der Waals surface area contributed by atoms with Crippen LogP contribution in [0.5, 0.6) is 5.75 Å². The zero-order chi connectivity index (χ0) is 13.7. The number of ether oxygens (including phenoxy) is 2. The summed E-state index contributed by atoms with van der Waals surface area (Å²) in [4.78, 5) is 0. The number of benzene rings is 1. The average molecular weight is 265 g/mol. The highest BCUT2D eigenvalue weighted by Crippen LogP contribution is 2.22. The maximum Gasteiger partial charge on any atom is 0.119 e. The van der Waals surface area contributed by atoms with Crippen LogP contribution in [-0.2, 0) is 4.74 Å². The molecule has 0 radical (unpaired) electrons. The van der Waals surface area contributed by atoms with Gasteiger partial charge < -0.3 is 19.9 Å². The highest BCUT2D eigenvalue weighted by Gasteiger charge is 2.28. The van der Waals surface area contributed by atoms with Gasteiger partial charge in [0.15, 0.2) is 0 Å². The zero-order valence-electron chi connectivity index (χ0n) is 11.6. The number of hydrogen-bond donors (Lipinski definition) is 2. The monoisotopic (exact) mass is 265 g/mol. The first-order chi connectivity index (χ1) is 9.17. The van der Waals surface area contributed by atoms with Gasteiger partial charge in [-0.05, 0) is 37.5 Å². The van der Waals surface area contributed by atoms with E-state index >= 15 is 0 Å². The van der Waals surface area contributed by atoms with E-state index in [1.54, 1.807) is 7.11 Å². The van der Waals surface area contributed by atoms with Gasteiger partial charge in [0.1, 0.15) is 18.5 Å². The number of aryl methyl sites for hydroxylation is 1. The lowest BCUT2D eigenvalue weighted by atomic mass is 9.89. The van der Waals surface area contributed by atoms with Crippen LogP contribution >= 0.6 is 0 Å². The van der Waals surface area contributed by atoms with E-state index in [1.165, 1.54) is 0 Å². The molecule has 0 bridgehead atoms. The summed E-state index contributed by atoms with van der Waals surface area (Å²) in [6, 6.07) is 8.32. The molecular formula is C15H23NO3. The molecule has 106 valence electrons. The van der Waals surface area contributed by atoms with Crippen LogP contribution in [0.3, 0.4) is 0 Å². The summed E-state index contributed by atoms with van der Waals surface area (Å²) in [7, 11) is 1.74. The van der Waals surface area contributed by atoms with Gasteiger partial charge in [-0.25, -0.2) is 0 Å². The molecule has 1 aromatic carbocycles. The van der Waals surface area contributed by atoms with E-state index in [0.29, 0.717) is 25.3 Å². The van der Waals surface area contributed by atoms with Gasteiger partial charge >= 0.3 is 0 Å². The van der Waals surface area contributed by atoms with Crippen LogP contribution in [0.15, 0.2) is 24.3 Å². The van der Waals surface area contributed by atoms with E-state index in [2.05, 4.69) is 5.32 Å². The van der Waals surface area contributed by atoms with Gasteiger partial charge in [0.2, 0.25) is 0 Å². The molecule has 1 atom stereocenters. The Labute approximate surface area is 114 Å². The Balaban J connectivity index is 1.61. The summed E-state index contributed by atoms with van der Waals surface area (Å²) < 4.78 is 10.8. The molecular weight excluding hydrogens is 242 g/mol. The van der Waals surface area contributed by atoms with Crippen molar-refractivity contribution >= 4 is 0 Å². The molecule has 0 aromatic heterocycles. The molecule has 0 heterocycles. The predicted molar refractivity (Wildman–Crippen MR) is 74.5 cm³/mol. The summed E-state index contributed by atoms with van der Waals surface area (Å²) in [5, 5.41) is 13.2. The summed E-state index contributed by atoms with van der Waals surface area (Å²) in [5.41, 5.74) is 1.16. The normalized spacial score (nSPS) is 23.7. The van der Waals surface area contributed by atoms with Crippen molar-refractivity contribution in [1.82, 2.24) is 5.32 Å². The Bertz CT molecular complexity index is 391. The first-order valence-electron chi connectivity index (χ1n) is 6.81. The fraction of sp³-hybridized carbons (Fsp3) is 0.600. The van der Waals surface area contributed by atoms with Crippen molar-refractivity contribution in [1.29, 1.82) is 0 Å². The Morgan fingerprint density at radius 1 is 1.42 bits per heavy atom. The minimum absolute atomic E-state index is 0.316. The third-order valence-corrected chi connectivity index (χ3v) is 3.50. The minimum Gasteiger partial charge on any atom is -0.491 e. The van der Waals surface area contributed by atoms with Gasteiger partial charge in [-0.1, -0.05) is 12.1 Å². The maximum absolute atomic E-state index is 9.85. The second-order valence-electron chi connectivity index (χ2n) is 5.22. The Kier molecular flexibility index (Phi) is 5.19. The molecule has 1 aromatic rings. The molecule has 1 aliphatic rings. The lowest BCUT2D eigenvalue weighted by Gasteiger charge is -2.35. The Hall–Kier alpha value is -1.10. The first-order valence-corrected chi connectivity index (χ1v) is 6.81. The van der Waals surface area contributed by atoms with Gasteiger partial charge in [-0.15, -0.1) is 0 Å². The van der Waals surface area contributed by atoms with Crippen LogP contribution in [-0.4, -0.2) is 43.6 Å². The number of aliphatic hydroxyl groups excluding tert-OH is 1. The van der Waals surface area contributed by atoms with Crippen molar-refractivity contribution in [2.45, 2.75) is 38.0 Å². The zero-order valence-corrected chi connectivity index (χ0v) is 11.6. The van der Waals surface area contributed by atoms with Crippen molar-refractivity contribution in [3.8, 4) is 5.75 Å². The number of hydrogen-bond acceptors (Lipinski definition) is 4. The molecule has 0 saturated heterocycles. The van der Waals surface area contributed by atoms with Crippen LogP contribution in [0, 0.1) is 6.92 Å². The third-order valence-electron chi connectivity index (χ3n) is 3.50. The number of rotatable bonds is 7. The molecule has 2 rings (SSSR count). The smallest absolute Gasteiger partial charge is 0.119 e. The lowest BCUT2D eigenvalue weighted by molar-refractivity contribution is 0.0117. The second kappa shape index (κ2) is 6.89. The molecule has 4 nitrogen and oxygen atoms in total. The van der Waals surface area contributed by atoms with Crippen LogP contribution in [0.2, 0.25) is 0 Å². The lowest BCUT2D eigenvalue weighted by Crippen LogP contribution is -2.48. The molecule has 4 heteroatoms. The predicted octanol–water partition coefficient (Wildman–Crippen LogP) is 1.50. The molecule has 0 aliphatic heterocycles. The summed E-state index contributed by atoms with van der Waals surface area (Å²) in [5.74, 6) is 0.808. The van der Waals surface area contributed by atoms with Crippen LogP contribution in [0.4, 0.5) is 0 Å². The van der Waals surface area contributed by atoms with Crippen molar-refractivity contribution in [2.75, 3.05) is 20.3 Å². The number of aliphatic hydroxyl groups is 1. The van der Waals surface area contributed by atoms with E-state index in [1.807, 2.05) is 31.2 Å². The highest BCUT2D eigenvalue weighted by molar-refractivity contribution is 5.27. The quantitative estimate of drug-likeness (QED) is 0.784. The molecule has 2 N–H and O–H groups in total. The number of methoxy groups -OCH3 is 1. The van der Waals surface area contributed by atoms with Crippen LogP contribution in [0.1, 0.15) is 18.4 Å². The fourth-order valence-electron chi connectivity index (χ4n) is 2.18. The first kappa shape index (κ1) is 14.3. The average Bonchev–Trinajstić information content (AvgIpc) is 2.35. The van der Waals surface area contributed by atoms with Gasteiger partial charge in [0, 0.05) is 19.7 Å². The van der Waals surface area contributed by atoms with E-state index in [4.69, 9.17) is 9.47 Å². The largest absolute Gasteiger partial charge is 0.491 e. The molecule has 1 fully saturated rings. The molecule has 0 spiro atoms.